The highest BCUT2D eigenvalue weighted by molar-refractivity contribution is 5.94. The molecule has 1 unspecified atom stereocenters. The van der Waals surface area contributed by atoms with Crippen molar-refractivity contribution in [3.8, 4) is 11.5 Å². The zero-order valence-corrected chi connectivity index (χ0v) is 19.5. The maximum atomic E-state index is 12.6. The molecular formula is C25H33N3O5. The van der Waals surface area contributed by atoms with Crippen LogP contribution in [0, 0.1) is 5.41 Å². The number of nitrogens with two attached hydrogens (primary N) is 1. The normalized spacial score (nSPS) is 11.4. The Morgan fingerprint density at radius 1 is 1.03 bits per heavy atom. The maximum Gasteiger partial charge on any atom is 0.308 e. The molecule has 0 radical (unpaired) electrons. The number of amidine groups is 1. The van der Waals surface area contributed by atoms with Gasteiger partial charge in [-0.05, 0) is 49.4 Å². The van der Waals surface area contributed by atoms with Crippen molar-refractivity contribution in [1.82, 2.24) is 5.32 Å². The van der Waals surface area contributed by atoms with Crippen molar-refractivity contribution in [2.24, 2.45) is 5.73 Å². The highest BCUT2D eigenvalue weighted by atomic mass is 16.5. The molecule has 1 amide bonds. The van der Waals surface area contributed by atoms with Gasteiger partial charge in [-0.2, -0.15) is 0 Å². The average Bonchev–Trinajstić information content (AvgIpc) is 2.81. The lowest BCUT2D eigenvalue weighted by molar-refractivity contribution is -0.143. The Morgan fingerprint density at radius 3 is 2.21 bits per heavy atom. The van der Waals surface area contributed by atoms with E-state index in [4.69, 9.17) is 25.4 Å². The van der Waals surface area contributed by atoms with E-state index in [2.05, 4.69) is 5.32 Å². The summed E-state index contributed by atoms with van der Waals surface area (Å²) in [4.78, 5) is 24.8. The van der Waals surface area contributed by atoms with E-state index < -0.39 is 12.0 Å². The minimum atomic E-state index is -0.556. The molecule has 8 nitrogen and oxygen atoms in total. The molecule has 33 heavy (non-hydrogen) atoms. The van der Waals surface area contributed by atoms with E-state index in [-0.39, 0.29) is 24.8 Å². The van der Waals surface area contributed by atoms with Gasteiger partial charge in [0.1, 0.15) is 17.3 Å². The number of hydrogen-bond donors (Lipinski definition) is 3. The number of unbranched alkanes of at least 4 members (excludes halogenated alkanes) is 1. The number of methoxy groups -OCH3 is 2. The predicted octanol–water partition coefficient (Wildman–Crippen LogP) is 3.51. The SMILES string of the molecule is CCOC(=O)CC(NC(=O)CCCCc1ccc(C(=N)N)cc1)c1cc(OC)cc(OC)c1. The van der Waals surface area contributed by atoms with Gasteiger partial charge in [-0.15, -0.1) is 0 Å². The molecular weight excluding hydrogens is 422 g/mol. The number of amides is 1. The molecule has 0 saturated carbocycles. The van der Waals surface area contributed by atoms with Crippen LogP contribution in [-0.4, -0.2) is 38.5 Å². The predicted molar refractivity (Wildman–Crippen MR) is 127 cm³/mol. The molecule has 0 aromatic heterocycles. The molecule has 0 bridgehead atoms. The summed E-state index contributed by atoms with van der Waals surface area (Å²) in [5, 5.41) is 10.4. The lowest BCUT2D eigenvalue weighted by Crippen LogP contribution is -2.30. The smallest absolute Gasteiger partial charge is 0.308 e. The summed E-state index contributed by atoms with van der Waals surface area (Å²) in [6.45, 7) is 2.02. The van der Waals surface area contributed by atoms with Gasteiger partial charge in [0, 0.05) is 18.1 Å². The monoisotopic (exact) mass is 455 g/mol. The molecule has 0 saturated heterocycles. The molecule has 0 spiro atoms. The third-order valence-electron chi connectivity index (χ3n) is 5.17. The van der Waals surface area contributed by atoms with Crippen LogP contribution in [-0.2, 0) is 20.7 Å². The molecule has 8 heteroatoms. The molecule has 0 fully saturated rings. The summed E-state index contributed by atoms with van der Waals surface area (Å²) >= 11 is 0. The van der Waals surface area contributed by atoms with Crippen LogP contribution in [0.5, 0.6) is 11.5 Å². The quantitative estimate of drug-likeness (QED) is 0.184. The van der Waals surface area contributed by atoms with Gasteiger partial charge in [-0.1, -0.05) is 24.3 Å². The van der Waals surface area contributed by atoms with Gasteiger partial charge in [0.05, 0.1) is 33.3 Å². The van der Waals surface area contributed by atoms with Gasteiger partial charge in [-0.25, -0.2) is 0 Å². The fraction of sp³-hybridized carbons (Fsp3) is 0.400. The van der Waals surface area contributed by atoms with Crippen LogP contribution in [0.3, 0.4) is 0 Å². The van der Waals surface area contributed by atoms with Gasteiger partial charge in [0.25, 0.3) is 0 Å². The number of rotatable bonds is 13. The summed E-state index contributed by atoms with van der Waals surface area (Å²) in [7, 11) is 3.09. The molecule has 1 atom stereocenters. The number of benzene rings is 2. The zero-order valence-electron chi connectivity index (χ0n) is 19.5. The van der Waals surface area contributed by atoms with E-state index in [0.29, 0.717) is 35.5 Å². The zero-order chi connectivity index (χ0) is 24.2. The molecule has 0 aliphatic rings. The first-order chi connectivity index (χ1) is 15.9. The van der Waals surface area contributed by atoms with E-state index >= 15 is 0 Å². The second-order valence-electron chi connectivity index (χ2n) is 7.59. The molecule has 0 aliphatic carbocycles. The van der Waals surface area contributed by atoms with Crippen molar-refractivity contribution in [2.75, 3.05) is 20.8 Å². The molecule has 0 aliphatic heterocycles. The minimum absolute atomic E-state index is 0.0123. The van der Waals surface area contributed by atoms with E-state index in [9.17, 15) is 9.59 Å². The van der Waals surface area contributed by atoms with Crippen LogP contribution < -0.4 is 20.5 Å². The minimum Gasteiger partial charge on any atom is -0.497 e. The van der Waals surface area contributed by atoms with Crippen LogP contribution in [0.4, 0.5) is 0 Å². The number of carbonyl (C=O) groups excluding carboxylic acids is 2. The Morgan fingerprint density at radius 2 is 1.67 bits per heavy atom. The van der Waals surface area contributed by atoms with Crippen LogP contribution >= 0.6 is 0 Å². The van der Waals surface area contributed by atoms with Crippen molar-refractivity contribution in [1.29, 1.82) is 5.41 Å². The fourth-order valence-corrected chi connectivity index (χ4v) is 3.40. The highest BCUT2D eigenvalue weighted by Gasteiger charge is 2.21. The Bertz CT molecular complexity index is 921. The molecule has 2 rings (SSSR count). The number of esters is 1. The Labute approximate surface area is 194 Å². The van der Waals surface area contributed by atoms with Crippen LogP contribution in [0.1, 0.15) is 55.3 Å². The van der Waals surface area contributed by atoms with Crippen LogP contribution in [0.2, 0.25) is 0 Å². The second-order valence-corrected chi connectivity index (χ2v) is 7.59. The third kappa shape index (κ3) is 8.48. The first-order valence-corrected chi connectivity index (χ1v) is 11.0. The highest BCUT2D eigenvalue weighted by Crippen LogP contribution is 2.28. The number of hydrogen-bond acceptors (Lipinski definition) is 6. The molecule has 2 aromatic carbocycles. The van der Waals surface area contributed by atoms with Crippen molar-refractivity contribution in [2.45, 2.75) is 45.1 Å². The van der Waals surface area contributed by atoms with Crippen LogP contribution in [0.15, 0.2) is 42.5 Å². The number of nitrogens with one attached hydrogen (secondary N) is 2. The summed E-state index contributed by atoms with van der Waals surface area (Å²) in [5.41, 5.74) is 8.01. The van der Waals surface area contributed by atoms with E-state index in [1.165, 1.54) is 0 Å². The average molecular weight is 456 g/mol. The first kappa shape index (κ1) is 25.7. The van der Waals surface area contributed by atoms with Gasteiger partial charge >= 0.3 is 5.97 Å². The summed E-state index contributed by atoms with van der Waals surface area (Å²) in [6.07, 6.45) is 2.71. The standard InChI is InChI=1S/C25H33N3O5/c1-4-33-24(30)16-22(19-13-20(31-2)15-21(14-19)32-3)28-23(29)8-6-5-7-17-9-11-18(12-10-17)25(26)27/h9-15,22H,4-8,16H2,1-3H3,(H3,26,27)(H,28,29). The second kappa shape index (κ2) is 13.1. The summed E-state index contributed by atoms with van der Waals surface area (Å²) in [6, 6.07) is 12.3. The van der Waals surface area contributed by atoms with Crippen molar-refractivity contribution in [3.63, 3.8) is 0 Å². The van der Waals surface area contributed by atoms with Gasteiger partial charge < -0.3 is 25.3 Å². The van der Waals surface area contributed by atoms with E-state index in [1.807, 2.05) is 24.3 Å². The van der Waals surface area contributed by atoms with Crippen molar-refractivity contribution in [3.05, 3.63) is 59.2 Å². The van der Waals surface area contributed by atoms with Gasteiger partial charge in [-0.3, -0.25) is 15.0 Å². The lowest BCUT2D eigenvalue weighted by Gasteiger charge is -2.20. The first-order valence-electron chi connectivity index (χ1n) is 11.0. The fourth-order valence-electron chi connectivity index (χ4n) is 3.40. The number of aryl methyl sites for hydroxylation is 1. The molecule has 0 heterocycles. The topological polar surface area (TPSA) is 124 Å². The summed E-state index contributed by atoms with van der Waals surface area (Å²) < 4.78 is 15.7. The largest absolute Gasteiger partial charge is 0.497 e. The Hall–Kier alpha value is -3.55. The number of ether oxygens (including phenoxy) is 3. The summed E-state index contributed by atoms with van der Waals surface area (Å²) in [5.74, 6) is 0.660. The van der Waals surface area contributed by atoms with Gasteiger partial charge in [0.2, 0.25) is 5.91 Å². The lowest BCUT2D eigenvalue weighted by atomic mass is 10.0. The van der Waals surface area contributed by atoms with Crippen molar-refractivity contribution >= 4 is 17.7 Å². The third-order valence-corrected chi connectivity index (χ3v) is 5.17. The van der Waals surface area contributed by atoms with Crippen molar-refractivity contribution < 1.29 is 23.8 Å². The Kier molecular flexibility index (Phi) is 10.2. The number of carbonyl (C=O) groups is 2. The van der Waals surface area contributed by atoms with Crippen LogP contribution in [0.25, 0.3) is 0 Å². The van der Waals surface area contributed by atoms with E-state index in [0.717, 1.165) is 18.4 Å². The van der Waals surface area contributed by atoms with Gasteiger partial charge in [0.15, 0.2) is 0 Å². The number of nitrogen functional groups attached to an aromatic ring is 1. The maximum absolute atomic E-state index is 12.6. The molecule has 178 valence electrons. The molecule has 2 aromatic rings. The Balaban J connectivity index is 1.97. The molecule has 4 N–H and O–H groups in total. The van der Waals surface area contributed by atoms with E-state index in [1.54, 1.807) is 39.3 Å².